The molecular formula is C11H9FO2. The van der Waals surface area contributed by atoms with E-state index in [4.69, 9.17) is 5.11 Å². The summed E-state index contributed by atoms with van der Waals surface area (Å²) in [5, 5.41) is 8.29. The lowest BCUT2D eigenvalue weighted by molar-refractivity contribution is -0.135. The number of aliphatic carboxylic acids is 1. The van der Waals surface area contributed by atoms with Crippen molar-refractivity contribution in [3.05, 3.63) is 35.6 Å². The summed E-state index contributed by atoms with van der Waals surface area (Å²) in [4.78, 5) is 10.1. The molecule has 0 fully saturated rings. The van der Waals surface area contributed by atoms with Crippen molar-refractivity contribution in [1.29, 1.82) is 0 Å². The molecule has 1 N–H and O–H groups in total. The van der Waals surface area contributed by atoms with Gasteiger partial charge in [0.05, 0.1) is 0 Å². The van der Waals surface area contributed by atoms with Crippen molar-refractivity contribution in [1.82, 2.24) is 0 Å². The Kier molecular flexibility index (Phi) is 3.69. The second-order valence-electron chi connectivity index (χ2n) is 2.73. The summed E-state index contributed by atoms with van der Waals surface area (Å²) in [5.41, 5.74) is 0.879. The second kappa shape index (κ2) is 5.03. The molecule has 0 radical (unpaired) electrons. The molecule has 0 aliphatic heterocycles. The molecule has 0 aliphatic rings. The van der Waals surface area contributed by atoms with Crippen LogP contribution >= 0.6 is 0 Å². The summed E-state index contributed by atoms with van der Waals surface area (Å²) >= 11 is 0. The van der Waals surface area contributed by atoms with Gasteiger partial charge in [0.2, 0.25) is 0 Å². The molecule has 0 aliphatic carbocycles. The molecular weight excluding hydrogens is 183 g/mol. The van der Waals surface area contributed by atoms with Crippen LogP contribution in [-0.2, 0) is 11.2 Å². The van der Waals surface area contributed by atoms with Gasteiger partial charge in [-0.15, -0.1) is 0 Å². The van der Waals surface area contributed by atoms with E-state index in [2.05, 4.69) is 11.8 Å². The van der Waals surface area contributed by atoms with Crippen LogP contribution in [0.5, 0.6) is 0 Å². The van der Waals surface area contributed by atoms with E-state index >= 15 is 0 Å². The lowest BCUT2D eigenvalue weighted by Crippen LogP contribution is -1.90. The molecule has 2 nitrogen and oxygen atoms in total. The third kappa shape index (κ3) is 3.72. The van der Waals surface area contributed by atoms with Gasteiger partial charge in [-0.05, 0) is 17.7 Å². The maximum atomic E-state index is 12.5. The molecule has 14 heavy (non-hydrogen) atoms. The fourth-order valence-corrected chi connectivity index (χ4v) is 0.905. The molecule has 3 heteroatoms. The minimum Gasteiger partial charge on any atom is -0.481 e. The van der Waals surface area contributed by atoms with Crippen molar-refractivity contribution >= 4 is 5.97 Å². The van der Waals surface area contributed by atoms with Gasteiger partial charge in [0.1, 0.15) is 12.2 Å². The molecule has 0 saturated carbocycles. The van der Waals surface area contributed by atoms with Gasteiger partial charge in [-0.1, -0.05) is 24.0 Å². The smallest absolute Gasteiger partial charge is 0.315 e. The number of rotatable bonds is 2. The van der Waals surface area contributed by atoms with E-state index in [1.165, 1.54) is 12.1 Å². The van der Waals surface area contributed by atoms with Crippen LogP contribution in [0.25, 0.3) is 0 Å². The SMILES string of the molecule is O=C(O)CC#CCc1ccc(F)cc1. The molecule has 1 aromatic carbocycles. The summed E-state index contributed by atoms with van der Waals surface area (Å²) < 4.78 is 12.5. The van der Waals surface area contributed by atoms with Crippen molar-refractivity contribution in [2.75, 3.05) is 0 Å². The van der Waals surface area contributed by atoms with Gasteiger partial charge in [0.15, 0.2) is 0 Å². The van der Waals surface area contributed by atoms with Crippen LogP contribution in [0.3, 0.4) is 0 Å². The first-order valence-electron chi connectivity index (χ1n) is 4.10. The molecule has 72 valence electrons. The maximum absolute atomic E-state index is 12.5. The standard InChI is InChI=1S/C11H9FO2/c12-10-7-5-9(6-8-10)3-1-2-4-11(13)14/h5-8H,3-4H2,(H,13,14). The molecule has 0 spiro atoms. The van der Waals surface area contributed by atoms with Gasteiger partial charge < -0.3 is 5.11 Å². The summed E-state index contributed by atoms with van der Waals surface area (Å²) in [6.07, 6.45) is 0.300. The number of hydrogen-bond donors (Lipinski definition) is 1. The van der Waals surface area contributed by atoms with Crippen molar-refractivity contribution in [3.8, 4) is 11.8 Å². The van der Waals surface area contributed by atoms with Crippen LogP contribution in [-0.4, -0.2) is 11.1 Å². The lowest BCUT2D eigenvalue weighted by Gasteiger charge is -1.92. The topological polar surface area (TPSA) is 37.3 Å². The summed E-state index contributed by atoms with van der Waals surface area (Å²) in [5.74, 6) is 3.99. The number of benzene rings is 1. The Hall–Kier alpha value is -1.82. The zero-order valence-electron chi connectivity index (χ0n) is 7.46. The maximum Gasteiger partial charge on any atom is 0.315 e. The molecule has 0 aromatic heterocycles. The molecule has 1 aromatic rings. The van der Waals surface area contributed by atoms with Gasteiger partial charge in [-0.2, -0.15) is 0 Å². The molecule has 0 heterocycles. The Bertz CT molecular complexity index is 371. The van der Waals surface area contributed by atoms with Crippen LogP contribution in [0.15, 0.2) is 24.3 Å². The highest BCUT2D eigenvalue weighted by molar-refractivity contribution is 5.69. The summed E-state index contributed by atoms with van der Waals surface area (Å²) in [7, 11) is 0. The van der Waals surface area contributed by atoms with Crippen LogP contribution in [0.4, 0.5) is 4.39 Å². The Balaban J connectivity index is 2.48. The number of hydrogen-bond acceptors (Lipinski definition) is 1. The number of carbonyl (C=O) groups is 1. The van der Waals surface area contributed by atoms with E-state index < -0.39 is 5.97 Å². The minimum atomic E-state index is -0.934. The molecule has 0 saturated heterocycles. The first kappa shape index (κ1) is 10.3. The van der Waals surface area contributed by atoms with E-state index in [1.807, 2.05) is 0 Å². The third-order valence-corrected chi connectivity index (χ3v) is 1.57. The fraction of sp³-hybridized carbons (Fsp3) is 0.182. The first-order chi connectivity index (χ1) is 6.68. The Labute approximate surface area is 81.4 Å². The molecule has 1 rings (SSSR count). The first-order valence-corrected chi connectivity index (χ1v) is 4.10. The number of carboxylic acid groups (broad SMARTS) is 1. The van der Waals surface area contributed by atoms with Crippen molar-refractivity contribution in [2.24, 2.45) is 0 Å². The number of halogens is 1. The second-order valence-corrected chi connectivity index (χ2v) is 2.73. The van der Waals surface area contributed by atoms with Gasteiger partial charge >= 0.3 is 5.97 Å². The highest BCUT2D eigenvalue weighted by Crippen LogP contribution is 2.02. The minimum absolute atomic E-state index is 0.152. The van der Waals surface area contributed by atoms with Gasteiger partial charge in [0, 0.05) is 6.42 Å². The Morgan fingerprint density at radius 1 is 1.29 bits per heavy atom. The van der Waals surface area contributed by atoms with E-state index in [1.54, 1.807) is 12.1 Å². The average Bonchev–Trinajstić information content (AvgIpc) is 2.15. The monoisotopic (exact) mass is 192 g/mol. The van der Waals surface area contributed by atoms with Crippen LogP contribution in [0.1, 0.15) is 12.0 Å². The van der Waals surface area contributed by atoms with Crippen molar-refractivity contribution in [3.63, 3.8) is 0 Å². The Morgan fingerprint density at radius 2 is 1.93 bits per heavy atom. The van der Waals surface area contributed by atoms with E-state index in [0.717, 1.165) is 5.56 Å². The van der Waals surface area contributed by atoms with E-state index in [-0.39, 0.29) is 12.2 Å². The number of carboxylic acids is 1. The van der Waals surface area contributed by atoms with Crippen molar-refractivity contribution in [2.45, 2.75) is 12.8 Å². The summed E-state index contributed by atoms with van der Waals surface area (Å²) in [6.45, 7) is 0. The van der Waals surface area contributed by atoms with Crippen LogP contribution in [0.2, 0.25) is 0 Å². The zero-order valence-corrected chi connectivity index (χ0v) is 7.46. The predicted octanol–water partition coefficient (Wildman–Crippen LogP) is 1.85. The highest BCUT2D eigenvalue weighted by atomic mass is 19.1. The van der Waals surface area contributed by atoms with E-state index in [0.29, 0.717) is 6.42 Å². The van der Waals surface area contributed by atoms with Gasteiger partial charge in [-0.25, -0.2) is 4.39 Å². The van der Waals surface area contributed by atoms with Gasteiger partial charge in [0.25, 0.3) is 0 Å². The van der Waals surface area contributed by atoms with Crippen LogP contribution in [0, 0.1) is 17.7 Å². The third-order valence-electron chi connectivity index (χ3n) is 1.57. The molecule has 0 unspecified atom stereocenters. The zero-order chi connectivity index (χ0) is 10.4. The molecule has 0 bridgehead atoms. The quantitative estimate of drug-likeness (QED) is 0.726. The van der Waals surface area contributed by atoms with Crippen LogP contribution < -0.4 is 0 Å². The van der Waals surface area contributed by atoms with Crippen molar-refractivity contribution < 1.29 is 14.3 Å². The van der Waals surface area contributed by atoms with Gasteiger partial charge in [-0.3, -0.25) is 4.79 Å². The predicted molar refractivity (Wildman–Crippen MR) is 50.1 cm³/mol. The molecule has 0 atom stereocenters. The average molecular weight is 192 g/mol. The largest absolute Gasteiger partial charge is 0.481 e. The highest BCUT2D eigenvalue weighted by Gasteiger charge is 1.91. The normalized spacial score (nSPS) is 8.93. The fourth-order valence-electron chi connectivity index (χ4n) is 0.905. The van der Waals surface area contributed by atoms with E-state index in [9.17, 15) is 9.18 Å². The lowest BCUT2D eigenvalue weighted by atomic mass is 10.1. The Morgan fingerprint density at radius 3 is 2.50 bits per heavy atom. The summed E-state index contributed by atoms with van der Waals surface area (Å²) in [6, 6.07) is 5.97. The molecule has 0 amide bonds.